The van der Waals surface area contributed by atoms with Crippen LogP contribution in [0, 0.1) is 5.92 Å². The summed E-state index contributed by atoms with van der Waals surface area (Å²) in [5.74, 6) is -0.471. The largest absolute Gasteiger partial charge is 0.416 e. The van der Waals surface area contributed by atoms with E-state index in [1.807, 2.05) is 0 Å². The van der Waals surface area contributed by atoms with Gasteiger partial charge in [0.05, 0.1) is 31.2 Å². The van der Waals surface area contributed by atoms with Gasteiger partial charge >= 0.3 is 6.18 Å². The maximum absolute atomic E-state index is 13.1. The van der Waals surface area contributed by atoms with Gasteiger partial charge in [-0.05, 0) is 11.6 Å². The first-order valence-electron chi connectivity index (χ1n) is 7.40. The van der Waals surface area contributed by atoms with E-state index in [1.165, 1.54) is 19.2 Å². The summed E-state index contributed by atoms with van der Waals surface area (Å²) in [5, 5.41) is 0. The molecule has 1 aliphatic rings. The highest BCUT2D eigenvalue weighted by molar-refractivity contribution is 5.78. The summed E-state index contributed by atoms with van der Waals surface area (Å²) in [7, 11) is 1.51. The molecule has 128 valence electrons. The molecule has 0 N–H and O–H groups in total. The molecule has 0 unspecified atom stereocenters. The number of morpholine rings is 1. The van der Waals surface area contributed by atoms with Crippen molar-refractivity contribution in [1.29, 1.82) is 0 Å². The first-order valence-corrected chi connectivity index (χ1v) is 7.40. The molecule has 2 rings (SSSR count). The van der Waals surface area contributed by atoms with Crippen molar-refractivity contribution in [1.82, 2.24) is 4.90 Å². The highest BCUT2D eigenvalue weighted by Gasteiger charge is 2.37. The summed E-state index contributed by atoms with van der Waals surface area (Å²) in [6, 6.07) is 5.33. The molecule has 4 nitrogen and oxygen atoms in total. The van der Waals surface area contributed by atoms with Gasteiger partial charge in [0, 0.05) is 13.7 Å². The Bertz CT molecular complexity index is 548. The van der Waals surface area contributed by atoms with E-state index < -0.39 is 17.8 Å². The third-order valence-electron chi connectivity index (χ3n) is 3.83. The molecule has 1 heterocycles. The summed E-state index contributed by atoms with van der Waals surface area (Å²) in [5.41, 5.74) is -0.652. The van der Waals surface area contributed by atoms with Crippen LogP contribution in [-0.2, 0) is 20.4 Å². The predicted octanol–water partition coefficient (Wildman–Crippen LogP) is 2.89. The Labute approximate surface area is 133 Å². The Balaban J connectivity index is 2.18. The van der Waals surface area contributed by atoms with Gasteiger partial charge in [0.2, 0.25) is 5.91 Å². The van der Waals surface area contributed by atoms with Gasteiger partial charge in [-0.2, -0.15) is 13.2 Å². The van der Waals surface area contributed by atoms with E-state index in [0.717, 1.165) is 6.07 Å². The Hall–Kier alpha value is -1.60. The van der Waals surface area contributed by atoms with Gasteiger partial charge in [-0.25, -0.2) is 0 Å². The fourth-order valence-corrected chi connectivity index (χ4v) is 2.71. The number of alkyl halides is 3. The highest BCUT2D eigenvalue weighted by atomic mass is 19.4. The number of methoxy groups -OCH3 is 1. The molecular formula is C16H20F3NO3. The van der Waals surface area contributed by atoms with Crippen molar-refractivity contribution in [3.8, 4) is 0 Å². The second-order valence-corrected chi connectivity index (χ2v) is 5.59. The van der Waals surface area contributed by atoms with Crippen LogP contribution in [0.2, 0.25) is 0 Å². The minimum atomic E-state index is -4.45. The monoisotopic (exact) mass is 331 g/mol. The quantitative estimate of drug-likeness (QED) is 0.852. The molecule has 23 heavy (non-hydrogen) atoms. The number of benzene rings is 1. The smallest absolute Gasteiger partial charge is 0.384 e. The second kappa shape index (κ2) is 7.31. The Morgan fingerprint density at radius 2 is 2.13 bits per heavy atom. The zero-order valence-electron chi connectivity index (χ0n) is 13.1. The van der Waals surface area contributed by atoms with Gasteiger partial charge in [0.15, 0.2) is 0 Å². The van der Waals surface area contributed by atoms with Gasteiger partial charge < -0.3 is 14.4 Å². The third-order valence-corrected chi connectivity index (χ3v) is 3.83. The molecule has 0 aromatic heterocycles. The minimum absolute atomic E-state index is 0.0666. The Kier molecular flexibility index (Phi) is 5.64. The molecule has 1 amide bonds. The van der Waals surface area contributed by atoms with E-state index >= 15 is 0 Å². The fraction of sp³-hybridized carbons (Fsp3) is 0.562. The van der Waals surface area contributed by atoms with Crippen LogP contribution in [0.15, 0.2) is 24.3 Å². The molecule has 0 bridgehead atoms. The molecule has 1 saturated heterocycles. The van der Waals surface area contributed by atoms with E-state index in [-0.39, 0.29) is 37.1 Å². The molecule has 0 saturated carbocycles. The lowest BCUT2D eigenvalue weighted by molar-refractivity contribution is -0.146. The number of ether oxygens (including phenoxy) is 2. The average Bonchev–Trinajstić information content (AvgIpc) is 2.53. The zero-order valence-corrected chi connectivity index (χ0v) is 13.1. The van der Waals surface area contributed by atoms with Gasteiger partial charge in [0.1, 0.15) is 6.10 Å². The fourth-order valence-electron chi connectivity index (χ4n) is 2.71. The summed E-state index contributed by atoms with van der Waals surface area (Å²) < 4.78 is 49.9. The van der Waals surface area contributed by atoms with Crippen molar-refractivity contribution >= 4 is 5.91 Å². The molecule has 1 aromatic carbocycles. The van der Waals surface area contributed by atoms with E-state index in [4.69, 9.17) is 9.47 Å². The normalized spacial score (nSPS) is 20.4. The van der Waals surface area contributed by atoms with Crippen LogP contribution in [0.1, 0.15) is 24.2 Å². The summed E-state index contributed by atoms with van der Waals surface area (Å²) >= 11 is 0. The SMILES string of the molecule is COC[C@@H](C)C(=O)N1CCO[C@H](c2ccccc2C(F)(F)F)C1. The van der Waals surface area contributed by atoms with E-state index in [9.17, 15) is 18.0 Å². The van der Waals surface area contributed by atoms with Crippen LogP contribution in [-0.4, -0.2) is 44.2 Å². The van der Waals surface area contributed by atoms with Crippen LogP contribution in [0.5, 0.6) is 0 Å². The van der Waals surface area contributed by atoms with Crippen molar-refractivity contribution in [2.75, 3.05) is 33.4 Å². The molecule has 2 atom stereocenters. The topological polar surface area (TPSA) is 38.8 Å². The predicted molar refractivity (Wildman–Crippen MR) is 77.8 cm³/mol. The molecule has 0 aliphatic carbocycles. The number of amides is 1. The first kappa shape index (κ1) is 17.7. The van der Waals surface area contributed by atoms with Gasteiger partial charge in [-0.15, -0.1) is 0 Å². The van der Waals surface area contributed by atoms with Crippen molar-refractivity contribution < 1.29 is 27.4 Å². The lowest BCUT2D eigenvalue weighted by atomic mass is 10.00. The van der Waals surface area contributed by atoms with Gasteiger partial charge in [-0.1, -0.05) is 25.1 Å². The summed E-state index contributed by atoms with van der Waals surface area (Å²) in [4.78, 5) is 13.9. The zero-order chi connectivity index (χ0) is 17.0. The first-order chi connectivity index (χ1) is 10.8. The second-order valence-electron chi connectivity index (χ2n) is 5.59. The summed E-state index contributed by atoms with van der Waals surface area (Å²) in [6.07, 6.45) is -5.23. The number of halogens is 3. The number of nitrogens with zero attached hydrogens (tertiary/aromatic N) is 1. The molecule has 7 heteroatoms. The van der Waals surface area contributed by atoms with Crippen LogP contribution in [0.4, 0.5) is 13.2 Å². The lowest BCUT2D eigenvalue weighted by Crippen LogP contribution is -2.45. The van der Waals surface area contributed by atoms with Crippen LogP contribution in [0.25, 0.3) is 0 Å². The maximum atomic E-state index is 13.1. The van der Waals surface area contributed by atoms with Crippen LogP contribution in [0.3, 0.4) is 0 Å². The van der Waals surface area contributed by atoms with Crippen LogP contribution < -0.4 is 0 Å². The van der Waals surface area contributed by atoms with E-state index in [2.05, 4.69) is 0 Å². The van der Waals surface area contributed by atoms with Crippen LogP contribution >= 0.6 is 0 Å². The van der Waals surface area contributed by atoms with Crippen molar-refractivity contribution in [3.63, 3.8) is 0 Å². The standard InChI is InChI=1S/C16H20F3NO3/c1-11(10-22-2)15(21)20-7-8-23-14(9-20)12-5-3-4-6-13(12)16(17,18)19/h3-6,11,14H,7-10H2,1-2H3/t11-,14+/m1/s1. The number of rotatable bonds is 4. The molecule has 0 spiro atoms. The molecule has 0 radical (unpaired) electrons. The number of carbonyl (C=O) groups excluding carboxylic acids is 1. The van der Waals surface area contributed by atoms with E-state index in [0.29, 0.717) is 6.54 Å². The maximum Gasteiger partial charge on any atom is 0.416 e. The molecule has 1 aromatic rings. The van der Waals surface area contributed by atoms with Crippen molar-refractivity contribution in [2.45, 2.75) is 19.2 Å². The Morgan fingerprint density at radius 1 is 1.43 bits per heavy atom. The molecular weight excluding hydrogens is 311 g/mol. The lowest BCUT2D eigenvalue weighted by Gasteiger charge is -2.35. The highest BCUT2D eigenvalue weighted by Crippen LogP contribution is 2.36. The molecule has 1 fully saturated rings. The minimum Gasteiger partial charge on any atom is -0.384 e. The van der Waals surface area contributed by atoms with Crippen molar-refractivity contribution in [3.05, 3.63) is 35.4 Å². The van der Waals surface area contributed by atoms with E-state index in [1.54, 1.807) is 17.9 Å². The van der Waals surface area contributed by atoms with Gasteiger partial charge in [-0.3, -0.25) is 4.79 Å². The Morgan fingerprint density at radius 3 is 2.78 bits per heavy atom. The van der Waals surface area contributed by atoms with Crippen molar-refractivity contribution in [2.24, 2.45) is 5.92 Å². The number of hydrogen-bond donors (Lipinski definition) is 0. The number of carbonyl (C=O) groups is 1. The average molecular weight is 331 g/mol. The van der Waals surface area contributed by atoms with Gasteiger partial charge in [0.25, 0.3) is 0 Å². The molecule has 1 aliphatic heterocycles. The summed E-state index contributed by atoms with van der Waals surface area (Å²) in [6.45, 7) is 2.71. The number of hydrogen-bond acceptors (Lipinski definition) is 3. The third kappa shape index (κ3) is 4.23.